The Hall–Kier alpha value is -2.49. The molecule has 1 aromatic carbocycles. The van der Waals surface area contributed by atoms with Gasteiger partial charge in [-0.1, -0.05) is 13.3 Å². The summed E-state index contributed by atoms with van der Waals surface area (Å²) in [6.07, 6.45) is 4.69. The Balaban J connectivity index is 2.13. The average molecular weight is 325 g/mol. The highest BCUT2D eigenvalue weighted by Crippen LogP contribution is 2.18. The molecule has 0 aliphatic heterocycles. The number of nitro groups is 1. The second-order valence-corrected chi connectivity index (χ2v) is 6.14. The summed E-state index contributed by atoms with van der Waals surface area (Å²) in [5.41, 5.74) is -0.181. The van der Waals surface area contributed by atoms with Gasteiger partial charge in [0, 0.05) is 17.2 Å². The summed E-state index contributed by atoms with van der Waals surface area (Å²) in [5.74, 6) is 0. The van der Waals surface area contributed by atoms with Crippen LogP contribution in [0, 0.1) is 10.1 Å². The maximum Gasteiger partial charge on any atom is 0.269 e. The van der Waals surface area contributed by atoms with Gasteiger partial charge < -0.3 is 4.83 Å². The molecule has 0 radical (unpaired) electrons. The minimum Gasteiger partial charge on any atom is -0.439 e. The van der Waals surface area contributed by atoms with Crippen LogP contribution in [0.4, 0.5) is 5.69 Å². The molecule has 0 spiro atoms. The summed E-state index contributed by atoms with van der Waals surface area (Å²) in [6.45, 7) is 2.72. The first-order valence-corrected chi connectivity index (χ1v) is 8.03. The summed E-state index contributed by atoms with van der Waals surface area (Å²) in [5, 5.41) is 14.6. The molecule has 0 amide bonds. The second kappa shape index (κ2) is 6.52. The molecule has 0 fully saturated rings. The van der Waals surface area contributed by atoms with Crippen LogP contribution >= 0.6 is 0 Å². The Morgan fingerprint density at radius 1 is 1.36 bits per heavy atom. The van der Waals surface area contributed by atoms with E-state index in [1.54, 1.807) is 4.68 Å². The van der Waals surface area contributed by atoms with E-state index in [0.29, 0.717) is 6.54 Å². The number of hydrogen-bond donors (Lipinski definition) is 0. The molecule has 0 N–H and O–H groups in total. The first kappa shape index (κ1) is 15.9. The van der Waals surface area contributed by atoms with E-state index in [2.05, 4.69) is 9.93 Å². The fourth-order valence-electron chi connectivity index (χ4n) is 1.70. The van der Waals surface area contributed by atoms with E-state index in [0.717, 1.165) is 41.8 Å². The van der Waals surface area contributed by atoms with Gasteiger partial charge in [-0.05, 0) is 18.6 Å². The minimum atomic E-state index is -3.95. The number of aryl methyl sites for hydroxylation is 1. The number of hydrogen-bond acceptors (Lipinski definition) is 5. The standard InChI is InChI=1S/C12H15N5O4S/c1-2-3-8-15-10-16(9-13-15)14-22(20,21)12-6-4-11(5-7-12)17(18)19/h4-7,9-10H,2-3,8H2,1H3. The molecule has 0 atom stereocenters. The maximum absolute atomic E-state index is 12.1. The Bertz CT molecular complexity index is 754. The zero-order chi connectivity index (χ0) is 16.2. The smallest absolute Gasteiger partial charge is 0.269 e. The number of rotatable bonds is 7. The van der Waals surface area contributed by atoms with Crippen molar-refractivity contribution in [2.75, 3.05) is 0 Å². The zero-order valence-electron chi connectivity index (χ0n) is 11.9. The Morgan fingerprint density at radius 2 is 2.05 bits per heavy atom. The summed E-state index contributed by atoms with van der Waals surface area (Å²) in [4.78, 5) is 13.4. The topological polar surface area (TPSA) is 113 Å². The van der Waals surface area contributed by atoms with Gasteiger partial charge in [0.1, 0.15) is 16.6 Å². The van der Waals surface area contributed by atoms with Gasteiger partial charge >= 0.3 is 0 Å². The number of benzene rings is 1. The largest absolute Gasteiger partial charge is 0.439 e. The third-order valence-corrected chi connectivity index (χ3v) is 4.13. The van der Waals surface area contributed by atoms with Crippen molar-refractivity contribution in [1.82, 2.24) is 9.78 Å². The van der Waals surface area contributed by atoms with Crippen LogP contribution in [-0.2, 0) is 16.6 Å². The Morgan fingerprint density at radius 3 is 2.64 bits per heavy atom. The van der Waals surface area contributed by atoms with Crippen molar-refractivity contribution in [3.63, 3.8) is 0 Å². The number of nitrogens with zero attached hydrogens (tertiary/aromatic N) is 5. The predicted octanol–water partition coefficient (Wildman–Crippen LogP) is 1.40. The van der Waals surface area contributed by atoms with Gasteiger partial charge in [-0.2, -0.15) is 0 Å². The van der Waals surface area contributed by atoms with Gasteiger partial charge in [-0.3, -0.25) is 14.8 Å². The summed E-state index contributed by atoms with van der Waals surface area (Å²) < 4.78 is 26.9. The molecule has 2 aromatic rings. The highest BCUT2D eigenvalue weighted by Gasteiger charge is 2.11. The molecule has 2 rings (SSSR count). The van der Waals surface area contributed by atoms with Crippen molar-refractivity contribution in [3.8, 4) is 0 Å². The van der Waals surface area contributed by atoms with Gasteiger partial charge in [-0.25, -0.2) is 8.42 Å². The van der Waals surface area contributed by atoms with E-state index in [-0.39, 0.29) is 10.6 Å². The van der Waals surface area contributed by atoms with Gasteiger partial charge in [0.25, 0.3) is 12.0 Å². The molecule has 0 aliphatic rings. The monoisotopic (exact) mass is 325 g/mol. The molecule has 0 saturated heterocycles. The highest BCUT2D eigenvalue weighted by molar-refractivity contribution is 7.93. The van der Waals surface area contributed by atoms with E-state index in [1.807, 2.05) is 6.92 Å². The minimum absolute atomic E-state index is 0.119. The van der Waals surface area contributed by atoms with Crippen LogP contribution < -0.4 is 4.68 Å². The molecule has 0 aliphatic carbocycles. The number of non-ortho nitro benzene ring substituents is 1. The van der Waals surface area contributed by atoms with E-state index in [9.17, 15) is 18.5 Å². The van der Waals surface area contributed by atoms with Gasteiger partial charge in [0.05, 0.1) is 9.82 Å². The molecular weight excluding hydrogens is 310 g/mol. The van der Waals surface area contributed by atoms with Gasteiger partial charge in [0.2, 0.25) is 6.33 Å². The highest BCUT2D eigenvalue weighted by atomic mass is 32.2. The zero-order valence-corrected chi connectivity index (χ0v) is 12.7. The number of aromatic nitrogens is 3. The number of sulfonamides is 1. The molecule has 10 heteroatoms. The quantitative estimate of drug-likeness (QED) is 0.434. The van der Waals surface area contributed by atoms with Crippen LogP contribution in [-0.4, -0.2) is 23.1 Å². The van der Waals surface area contributed by atoms with E-state index in [1.165, 1.54) is 12.7 Å². The van der Waals surface area contributed by atoms with Crippen LogP contribution in [0.25, 0.3) is 4.83 Å². The third kappa shape index (κ3) is 3.79. The first-order chi connectivity index (χ1) is 10.4. The lowest BCUT2D eigenvalue weighted by Crippen LogP contribution is -2.29. The average Bonchev–Trinajstić information content (AvgIpc) is 2.92. The molecule has 0 saturated carbocycles. The van der Waals surface area contributed by atoms with Crippen molar-refractivity contribution >= 4 is 15.7 Å². The van der Waals surface area contributed by atoms with Crippen molar-refractivity contribution in [2.24, 2.45) is 0 Å². The van der Waals surface area contributed by atoms with E-state index in [4.69, 9.17) is 0 Å². The lowest BCUT2D eigenvalue weighted by atomic mass is 10.3. The fourth-order valence-corrected chi connectivity index (χ4v) is 2.61. The summed E-state index contributed by atoms with van der Waals surface area (Å²) in [7, 11) is -3.95. The molecule has 0 unspecified atom stereocenters. The molecule has 118 valence electrons. The third-order valence-electron chi connectivity index (χ3n) is 2.86. The Kier molecular flexibility index (Phi) is 4.71. The molecule has 9 nitrogen and oxygen atoms in total. The molecular formula is C12H15N5O4S. The molecule has 1 aromatic heterocycles. The second-order valence-electron chi connectivity index (χ2n) is 4.55. The summed E-state index contributed by atoms with van der Waals surface area (Å²) >= 11 is 0. The van der Waals surface area contributed by atoms with E-state index >= 15 is 0 Å². The van der Waals surface area contributed by atoms with Crippen molar-refractivity contribution in [1.29, 1.82) is 0 Å². The normalized spacial score (nSPS) is 11.3. The van der Waals surface area contributed by atoms with Crippen LogP contribution in [0.5, 0.6) is 0 Å². The van der Waals surface area contributed by atoms with Crippen LogP contribution in [0.1, 0.15) is 19.8 Å². The molecule has 0 bridgehead atoms. The van der Waals surface area contributed by atoms with Crippen LogP contribution in [0.15, 0.2) is 41.8 Å². The summed E-state index contributed by atoms with van der Waals surface area (Å²) in [6, 6.07) is 4.55. The Labute approximate surface area is 127 Å². The molecule has 22 heavy (non-hydrogen) atoms. The van der Waals surface area contributed by atoms with Crippen molar-refractivity contribution in [3.05, 3.63) is 51.9 Å². The number of nitro benzene ring substituents is 1. The number of unbranched alkanes of at least 4 members (excludes halogenated alkanes) is 1. The van der Waals surface area contributed by atoms with Gasteiger partial charge in [-0.15, -0.1) is 4.68 Å². The SMILES string of the molecule is CCCCn1c[n+]([N-]S(=O)(=O)c2ccc([N+](=O)[O-])cc2)cn1. The maximum atomic E-state index is 12.1. The van der Waals surface area contributed by atoms with Crippen LogP contribution in [0.3, 0.4) is 0 Å². The lowest BCUT2D eigenvalue weighted by Gasteiger charge is -2.16. The molecule has 1 heterocycles. The van der Waals surface area contributed by atoms with E-state index < -0.39 is 14.9 Å². The van der Waals surface area contributed by atoms with Gasteiger partial charge in [0.15, 0.2) is 0 Å². The predicted molar refractivity (Wildman–Crippen MR) is 76.4 cm³/mol. The van der Waals surface area contributed by atoms with Crippen molar-refractivity contribution in [2.45, 2.75) is 31.2 Å². The fraction of sp³-hybridized carbons (Fsp3) is 0.333. The van der Waals surface area contributed by atoms with Crippen LogP contribution in [0.2, 0.25) is 0 Å². The first-order valence-electron chi connectivity index (χ1n) is 6.59. The lowest BCUT2D eigenvalue weighted by molar-refractivity contribution is -0.614. The van der Waals surface area contributed by atoms with Crippen molar-refractivity contribution < 1.29 is 18.0 Å².